The number of ether oxygens (including phenoxy) is 2. The molecule has 1 amide bonds. The van der Waals surface area contributed by atoms with E-state index >= 15 is 0 Å². The lowest BCUT2D eigenvalue weighted by Gasteiger charge is -2.41. The van der Waals surface area contributed by atoms with Crippen LogP contribution in [-0.2, 0) is 4.79 Å². The highest BCUT2D eigenvalue weighted by atomic mass is 16.5. The molecule has 7 heteroatoms. The molecule has 0 bridgehead atoms. The van der Waals surface area contributed by atoms with Gasteiger partial charge in [-0.2, -0.15) is 0 Å². The van der Waals surface area contributed by atoms with Crippen molar-refractivity contribution in [2.24, 2.45) is 5.92 Å². The van der Waals surface area contributed by atoms with Gasteiger partial charge in [0.2, 0.25) is 11.8 Å². The van der Waals surface area contributed by atoms with Gasteiger partial charge in [-0.05, 0) is 19.1 Å². The highest BCUT2D eigenvalue weighted by Gasteiger charge is 2.29. The SMILES string of the molecule is COc1ccccc1Oc1cc(N2CCN(C(=O)C(C)C)[C@@H](C)C2)ncn1. The predicted molar refractivity (Wildman–Crippen MR) is 103 cm³/mol. The van der Waals surface area contributed by atoms with Crippen molar-refractivity contribution in [2.75, 3.05) is 31.6 Å². The molecule has 1 aliphatic heterocycles. The van der Waals surface area contributed by atoms with E-state index in [0.717, 1.165) is 18.9 Å². The van der Waals surface area contributed by atoms with E-state index in [9.17, 15) is 4.79 Å². The van der Waals surface area contributed by atoms with Crippen molar-refractivity contribution in [2.45, 2.75) is 26.8 Å². The van der Waals surface area contributed by atoms with Crippen LogP contribution in [-0.4, -0.2) is 53.6 Å². The van der Waals surface area contributed by atoms with E-state index in [0.29, 0.717) is 23.9 Å². The van der Waals surface area contributed by atoms with Gasteiger partial charge in [-0.1, -0.05) is 26.0 Å². The number of aromatic nitrogens is 2. The molecule has 0 radical (unpaired) electrons. The zero-order valence-corrected chi connectivity index (χ0v) is 16.3. The first-order valence-electron chi connectivity index (χ1n) is 9.18. The third-order valence-corrected chi connectivity index (χ3v) is 4.64. The van der Waals surface area contributed by atoms with E-state index in [4.69, 9.17) is 9.47 Å². The Morgan fingerprint density at radius 3 is 2.59 bits per heavy atom. The lowest BCUT2D eigenvalue weighted by Crippen LogP contribution is -2.55. The number of para-hydroxylation sites is 2. The molecule has 1 aromatic carbocycles. The fraction of sp³-hybridized carbons (Fsp3) is 0.450. The Morgan fingerprint density at radius 2 is 1.93 bits per heavy atom. The number of hydrogen-bond acceptors (Lipinski definition) is 6. The summed E-state index contributed by atoms with van der Waals surface area (Å²) < 4.78 is 11.2. The molecule has 0 N–H and O–H groups in total. The lowest BCUT2D eigenvalue weighted by molar-refractivity contribution is -0.136. The predicted octanol–water partition coefficient (Wildman–Crippen LogP) is 2.97. The van der Waals surface area contributed by atoms with Gasteiger partial charge in [-0.25, -0.2) is 9.97 Å². The van der Waals surface area contributed by atoms with Crippen LogP contribution in [0.3, 0.4) is 0 Å². The summed E-state index contributed by atoms with van der Waals surface area (Å²) in [6, 6.07) is 9.38. The van der Waals surface area contributed by atoms with Crippen LogP contribution < -0.4 is 14.4 Å². The first-order chi connectivity index (χ1) is 13.0. The minimum atomic E-state index is 0.0129. The highest BCUT2D eigenvalue weighted by Crippen LogP contribution is 2.31. The first kappa shape index (κ1) is 18.9. The second kappa shape index (κ2) is 8.24. The molecule has 1 atom stereocenters. The molecule has 0 unspecified atom stereocenters. The number of nitrogens with zero attached hydrogens (tertiary/aromatic N) is 4. The van der Waals surface area contributed by atoms with Gasteiger partial charge in [-0.3, -0.25) is 4.79 Å². The molecule has 1 fully saturated rings. The monoisotopic (exact) mass is 370 g/mol. The van der Waals surface area contributed by atoms with Crippen LogP contribution in [0.25, 0.3) is 0 Å². The largest absolute Gasteiger partial charge is 0.493 e. The summed E-state index contributed by atoms with van der Waals surface area (Å²) in [7, 11) is 1.60. The quantitative estimate of drug-likeness (QED) is 0.806. The number of carbonyl (C=O) groups excluding carboxylic acids is 1. The molecule has 0 saturated carbocycles. The Morgan fingerprint density at radius 1 is 1.19 bits per heavy atom. The van der Waals surface area contributed by atoms with Crippen LogP contribution in [0, 0.1) is 5.92 Å². The smallest absolute Gasteiger partial charge is 0.225 e. The average molecular weight is 370 g/mol. The van der Waals surface area contributed by atoms with Crippen LogP contribution in [0.15, 0.2) is 36.7 Å². The molecule has 144 valence electrons. The highest BCUT2D eigenvalue weighted by molar-refractivity contribution is 5.78. The van der Waals surface area contributed by atoms with Gasteiger partial charge in [0.15, 0.2) is 11.5 Å². The first-order valence-corrected chi connectivity index (χ1v) is 9.18. The second-order valence-electron chi connectivity index (χ2n) is 6.95. The summed E-state index contributed by atoms with van der Waals surface area (Å²) in [5.41, 5.74) is 0. The zero-order valence-electron chi connectivity index (χ0n) is 16.3. The Bertz CT molecular complexity index is 796. The van der Waals surface area contributed by atoms with Gasteiger partial charge in [0.05, 0.1) is 7.11 Å². The molecule has 1 saturated heterocycles. The van der Waals surface area contributed by atoms with Gasteiger partial charge in [0.25, 0.3) is 0 Å². The van der Waals surface area contributed by atoms with Gasteiger partial charge < -0.3 is 19.3 Å². The number of carbonyl (C=O) groups is 1. The maximum atomic E-state index is 12.3. The van der Waals surface area contributed by atoms with Crippen LogP contribution in [0.5, 0.6) is 17.4 Å². The van der Waals surface area contributed by atoms with Gasteiger partial charge in [-0.15, -0.1) is 0 Å². The topological polar surface area (TPSA) is 67.8 Å². The summed E-state index contributed by atoms with van der Waals surface area (Å²) in [5.74, 6) is 2.71. The lowest BCUT2D eigenvalue weighted by atomic mass is 10.1. The number of hydrogen-bond donors (Lipinski definition) is 0. The van der Waals surface area contributed by atoms with Gasteiger partial charge in [0, 0.05) is 37.7 Å². The van der Waals surface area contributed by atoms with Crippen LogP contribution in [0.1, 0.15) is 20.8 Å². The van der Waals surface area contributed by atoms with Crippen molar-refractivity contribution in [1.82, 2.24) is 14.9 Å². The van der Waals surface area contributed by atoms with Gasteiger partial charge in [0.1, 0.15) is 12.1 Å². The standard InChI is InChI=1S/C20H26N4O3/c1-14(2)20(25)24-10-9-23(12-15(24)3)18-11-19(22-13-21-18)27-17-8-6-5-7-16(17)26-4/h5-8,11,13-15H,9-10,12H2,1-4H3/t15-/m0/s1. The molecular weight excluding hydrogens is 344 g/mol. The van der Waals surface area contributed by atoms with E-state index in [1.54, 1.807) is 7.11 Å². The van der Waals surface area contributed by atoms with E-state index in [2.05, 4.69) is 21.8 Å². The minimum absolute atomic E-state index is 0.0129. The number of anilines is 1. The summed E-state index contributed by atoms with van der Waals surface area (Å²) in [6.45, 7) is 8.09. The molecule has 3 rings (SSSR count). The van der Waals surface area contributed by atoms with Gasteiger partial charge >= 0.3 is 0 Å². The Labute approximate surface area is 159 Å². The summed E-state index contributed by atoms with van der Waals surface area (Å²) in [5, 5.41) is 0. The molecule has 0 aliphatic carbocycles. The third kappa shape index (κ3) is 4.30. The Kier molecular flexibility index (Phi) is 5.78. The number of amides is 1. The molecule has 2 heterocycles. The fourth-order valence-electron chi connectivity index (χ4n) is 3.20. The number of benzene rings is 1. The summed E-state index contributed by atoms with van der Waals surface area (Å²) >= 11 is 0. The zero-order chi connectivity index (χ0) is 19.4. The molecular formula is C20H26N4O3. The Hall–Kier alpha value is -2.83. The minimum Gasteiger partial charge on any atom is -0.493 e. The van der Waals surface area contributed by atoms with Crippen LogP contribution in [0.2, 0.25) is 0 Å². The molecule has 0 spiro atoms. The third-order valence-electron chi connectivity index (χ3n) is 4.64. The van der Waals surface area contributed by atoms with E-state index in [-0.39, 0.29) is 17.9 Å². The molecule has 7 nitrogen and oxygen atoms in total. The van der Waals surface area contributed by atoms with Crippen molar-refractivity contribution in [3.05, 3.63) is 36.7 Å². The normalized spacial score (nSPS) is 17.1. The maximum Gasteiger partial charge on any atom is 0.225 e. The van der Waals surface area contributed by atoms with Crippen molar-refractivity contribution >= 4 is 11.7 Å². The van der Waals surface area contributed by atoms with Crippen molar-refractivity contribution < 1.29 is 14.3 Å². The molecule has 1 aliphatic rings. The Balaban J connectivity index is 1.72. The number of rotatable bonds is 5. The number of piperazine rings is 1. The fourth-order valence-corrected chi connectivity index (χ4v) is 3.20. The maximum absolute atomic E-state index is 12.3. The van der Waals surface area contributed by atoms with Crippen LogP contribution >= 0.6 is 0 Å². The van der Waals surface area contributed by atoms with Crippen molar-refractivity contribution in [1.29, 1.82) is 0 Å². The number of methoxy groups -OCH3 is 1. The van der Waals surface area contributed by atoms with E-state index in [1.165, 1.54) is 6.33 Å². The molecule has 27 heavy (non-hydrogen) atoms. The van der Waals surface area contributed by atoms with E-state index < -0.39 is 0 Å². The van der Waals surface area contributed by atoms with Crippen molar-refractivity contribution in [3.8, 4) is 17.4 Å². The second-order valence-corrected chi connectivity index (χ2v) is 6.95. The van der Waals surface area contributed by atoms with Crippen LogP contribution in [0.4, 0.5) is 5.82 Å². The summed E-state index contributed by atoms with van der Waals surface area (Å²) in [6.07, 6.45) is 1.50. The average Bonchev–Trinajstić information content (AvgIpc) is 2.68. The molecule has 2 aromatic rings. The summed E-state index contributed by atoms with van der Waals surface area (Å²) in [4.78, 5) is 25.0. The van der Waals surface area contributed by atoms with Crippen molar-refractivity contribution in [3.63, 3.8) is 0 Å². The molecule has 1 aromatic heterocycles. The van der Waals surface area contributed by atoms with E-state index in [1.807, 2.05) is 49.1 Å².